The maximum absolute atomic E-state index is 10.8. The minimum absolute atomic E-state index is 0.0944. The van der Waals surface area contributed by atoms with Gasteiger partial charge in [0.15, 0.2) is 5.69 Å². The molecule has 1 aliphatic rings. The highest BCUT2D eigenvalue weighted by atomic mass is 16.5. The number of nitrogens with zero attached hydrogens (tertiary/aromatic N) is 1. The normalized spacial score (nSPS) is 18.3. The van der Waals surface area contributed by atoms with Crippen molar-refractivity contribution in [2.75, 3.05) is 0 Å². The van der Waals surface area contributed by atoms with Gasteiger partial charge in [-0.05, 0) is 18.8 Å². The maximum Gasteiger partial charge on any atom is 0.358 e. The molecule has 0 aliphatic heterocycles. The summed E-state index contributed by atoms with van der Waals surface area (Å²) < 4.78 is 4.73. The van der Waals surface area contributed by atoms with Crippen LogP contribution in [0, 0.1) is 0 Å². The van der Waals surface area contributed by atoms with E-state index in [2.05, 4.69) is 5.16 Å². The van der Waals surface area contributed by atoms with Gasteiger partial charge in [0.2, 0.25) is 0 Å². The molecule has 1 N–H and O–H groups in total. The van der Waals surface area contributed by atoms with E-state index < -0.39 is 5.97 Å². The van der Waals surface area contributed by atoms with Crippen LogP contribution >= 0.6 is 0 Å². The third kappa shape index (κ3) is 1.64. The third-order valence-corrected chi connectivity index (χ3v) is 2.84. The van der Waals surface area contributed by atoms with Crippen LogP contribution in [0.4, 0.5) is 0 Å². The van der Waals surface area contributed by atoms with Gasteiger partial charge in [-0.2, -0.15) is 0 Å². The van der Waals surface area contributed by atoms with E-state index in [9.17, 15) is 4.79 Å². The van der Waals surface area contributed by atoms with Crippen LogP contribution in [0.3, 0.4) is 0 Å². The average Bonchev–Trinajstić information content (AvgIpc) is 2.67. The van der Waals surface area contributed by atoms with Crippen LogP contribution in [0.15, 0.2) is 10.8 Å². The number of aromatic carboxylic acids is 1. The Kier molecular flexibility index (Phi) is 2.52. The Morgan fingerprint density at radius 2 is 2.14 bits per heavy atom. The molecule has 1 saturated carbocycles. The third-order valence-electron chi connectivity index (χ3n) is 2.84. The Morgan fingerprint density at radius 1 is 1.43 bits per heavy atom. The van der Waals surface area contributed by atoms with E-state index in [4.69, 9.17) is 9.63 Å². The van der Waals surface area contributed by atoms with Gasteiger partial charge in [0.1, 0.15) is 6.26 Å². The van der Waals surface area contributed by atoms with Gasteiger partial charge in [0.25, 0.3) is 0 Å². The Labute approximate surface area is 81.9 Å². The van der Waals surface area contributed by atoms with E-state index in [-0.39, 0.29) is 5.69 Å². The molecule has 0 unspecified atom stereocenters. The molecule has 0 amide bonds. The smallest absolute Gasteiger partial charge is 0.358 e. The Bertz CT molecular complexity index is 326. The van der Waals surface area contributed by atoms with Crippen LogP contribution in [0.5, 0.6) is 0 Å². The minimum atomic E-state index is -0.987. The molecular weight excluding hydrogens is 182 g/mol. The highest BCUT2D eigenvalue weighted by Crippen LogP contribution is 2.33. The van der Waals surface area contributed by atoms with E-state index >= 15 is 0 Å². The highest BCUT2D eigenvalue weighted by Gasteiger charge is 2.24. The van der Waals surface area contributed by atoms with Gasteiger partial charge in [-0.3, -0.25) is 0 Å². The summed E-state index contributed by atoms with van der Waals surface area (Å²) in [6.45, 7) is 0. The predicted molar refractivity (Wildman–Crippen MR) is 49.3 cm³/mol. The van der Waals surface area contributed by atoms with Crippen molar-refractivity contribution in [3.05, 3.63) is 17.5 Å². The summed E-state index contributed by atoms with van der Waals surface area (Å²) in [5, 5.41) is 12.4. The number of carbonyl (C=O) groups is 1. The van der Waals surface area contributed by atoms with E-state index in [1.54, 1.807) is 0 Å². The molecule has 0 spiro atoms. The van der Waals surface area contributed by atoms with E-state index in [0.717, 1.165) is 18.4 Å². The molecule has 1 aliphatic carbocycles. The molecule has 0 aromatic carbocycles. The lowest BCUT2D eigenvalue weighted by Crippen LogP contribution is -2.09. The zero-order chi connectivity index (χ0) is 9.97. The first-order valence-corrected chi connectivity index (χ1v) is 4.96. The van der Waals surface area contributed by atoms with Crippen LogP contribution in [0.25, 0.3) is 0 Å². The summed E-state index contributed by atoms with van der Waals surface area (Å²) in [6.07, 6.45) is 7.20. The van der Waals surface area contributed by atoms with Crippen molar-refractivity contribution in [2.24, 2.45) is 0 Å². The first-order valence-electron chi connectivity index (χ1n) is 4.96. The zero-order valence-corrected chi connectivity index (χ0v) is 7.90. The van der Waals surface area contributed by atoms with Crippen molar-refractivity contribution < 1.29 is 14.4 Å². The van der Waals surface area contributed by atoms with Gasteiger partial charge in [-0.25, -0.2) is 4.79 Å². The van der Waals surface area contributed by atoms with Gasteiger partial charge < -0.3 is 9.63 Å². The zero-order valence-electron chi connectivity index (χ0n) is 7.90. The van der Waals surface area contributed by atoms with Gasteiger partial charge in [0, 0.05) is 5.56 Å². The molecule has 2 rings (SSSR count). The molecule has 0 radical (unpaired) electrons. The monoisotopic (exact) mass is 195 g/mol. The van der Waals surface area contributed by atoms with Gasteiger partial charge >= 0.3 is 5.97 Å². The second-order valence-electron chi connectivity index (χ2n) is 3.76. The minimum Gasteiger partial charge on any atom is -0.476 e. The Hall–Kier alpha value is -1.32. The molecule has 1 fully saturated rings. The van der Waals surface area contributed by atoms with Crippen LogP contribution in [-0.4, -0.2) is 16.2 Å². The van der Waals surface area contributed by atoms with Crippen molar-refractivity contribution in [2.45, 2.75) is 38.0 Å². The second kappa shape index (κ2) is 3.82. The van der Waals surface area contributed by atoms with E-state index in [0.29, 0.717) is 5.92 Å². The quantitative estimate of drug-likeness (QED) is 0.787. The number of carboxylic acid groups (broad SMARTS) is 1. The van der Waals surface area contributed by atoms with Crippen molar-refractivity contribution in [1.29, 1.82) is 0 Å². The summed E-state index contributed by atoms with van der Waals surface area (Å²) in [5.74, 6) is -0.652. The van der Waals surface area contributed by atoms with Gasteiger partial charge in [-0.15, -0.1) is 0 Å². The molecule has 76 valence electrons. The largest absolute Gasteiger partial charge is 0.476 e. The van der Waals surface area contributed by atoms with E-state index in [1.165, 1.54) is 25.5 Å². The van der Waals surface area contributed by atoms with Crippen LogP contribution < -0.4 is 0 Å². The molecule has 4 heteroatoms. The number of carboxylic acids is 1. The van der Waals surface area contributed by atoms with E-state index in [1.807, 2.05) is 0 Å². The topological polar surface area (TPSA) is 63.3 Å². The number of hydrogen-bond donors (Lipinski definition) is 1. The fraction of sp³-hybridized carbons (Fsp3) is 0.600. The summed E-state index contributed by atoms with van der Waals surface area (Å²) in [4.78, 5) is 10.8. The van der Waals surface area contributed by atoms with Crippen molar-refractivity contribution in [3.63, 3.8) is 0 Å². The van der Waals surface area contributed by atoms with Crippen molar-refractivity contribution in [1.82, 2.24) is 5.16 Å². The Morgan fingerprint density at radius 3 is 2.79 bits per heavy atom. The van der Waals surface area contributed by atoms with Crippen molar-refractivity contribution >= 4 is 5.97 Å². The first-order chi connectivity index (χ1) is 6.79. The standard InChI is InChI=1S/C10H13NO3/c12-10(13)9-8(6-14-11-9)7-4-2-1-3-5-7/h6-7H,1-5H2,(H,12,13). The molecule has 0 saturated heterocycles. The molecule has 1 heterocycles. The molecule has 1 aromatic rings. The molecule has 1 aromatic heterocycles. The van der Waals surface area contributed by atoms with Gasteiger partial charge in [-0.1, -0.05) is 24.4 Å². The van der Waals surface area contributed by atoms with Crippen LogP contribution in [0.1, 0.15) is 54.1 Å². The molecule has 14 heavy (non-hydrogen) atoms. The lowest BCUT2D eigenvalue weighted by molar-refractivity contribution is 0.0684. The summed E-state index contributed by atoms with van der Waals surface area (Å²) >= 11 is 0. The fourth-order valence-electron chi connectivity index (χ4n) is 2.11. The number of hydrogen-bond acceptors (Lipinski definition) is 3. The predicted octanol–water partition coefficient (Wildman–Crippen LogP) is 2.42. The first kappa shape index (κ1) is 9.24. The lowest BCUT2D eigenvalue weighted by atomic mass is 9.84. The fourth-order valence-corrected chi connectivity index (χ4v) is 2.11. The molecule has 0 bridgehead atoms. The summed E-state index contributed by atoms with van der Waals surface area (Å²) in [7, 11) is 0. The van der Waals surface area contributed by atoms with Crippen molar-refractivity contribution in [3.8, 4) is 0 Å². The molecule has 4 nitrogen and oxygen atoms in total. The SMILES string of the molecule is O=C(O)c1nocc1C1CCCCC1. The molecular formula is C10H13NO3. The number of aromatic nitrogens is 1. The highest BCUT2D eigenvalue weighted by molar-refractivity contribution is 5.86. The lowest BCUT2D eigenvalue weighted by Gasteiger charge is -2.20. The number of rotatable bonds is 2. The molecule has 0 atom stereocenters. The van der Waals surface area contributed by atoms with Crippen LogP contribution in [-0.2, 0) is 0 Å². The average molecular weight is 195 g/mol. The summed E-state index contributed by atoms with van der Waals surface area (Å²) in [6, 6.07) is 0. The maximum atomic E-state index is 10.8. The van der Waals surface area contributed by atoms with Crippen LogP contribution in [0.2, 0.25) is 0 Å². The Balaban J connectivity index is 2.21. The summed E-state index contributed by atoms with van der Waals surface area (Å²) in [5.41, 5.74) is 0.870. The van der Waals surface area contributed by atoms with Gasteiger partial charge in [0.05, 0.1) is 0 Å². The second-order valence-corrected chi connectivity index (χ2v) is 3.76.